The van der Waals surface area contributed by atoms with Gasteiger partial charge in [-0.15, -0.1) is 0 Å². The lowest BCUT2D eigenvalue weighted by Gasteiger charge is -2.35. The Morgan fingerprint density at radius 2 is 2.00 bits per heavy atom. The van der Waals surface area contributed by atoms with Crippen LogP contribution in [0.25, 0.3) is 0 Å². The fraction of sp³-hybridized carbons (Fsp3) is 0.917. The second-order valence-electron chi connectivity index (χ2n) is 4.68. The zero-order chi connectivity index (χ0) is 11.3. The van der Waals surface area contributed by atoms with Crippen LogP contribution in [0.2, 0.25) is 0 Å². The smallest absolute Gasteiger partial charge is 0.0768 e. The summed E-state index contributed by atoms with van der Waals surface area (Å²) in [6.07, 6.45) is 6.92. The van der Waals surface area contributed by atoms with E-state index in [4.69, 9.17) is 18.0 Å². The summed E-state index contributed by atoms with van der Waals surface area (Å²) in [5, 5.41) is 0. The van der Waals surface area contributed by atoms with Crippen LogP contribution in [0, 0.1) is 5.92 Å². The average Bonchev–Trinajstić information content (AvgIpc) is 2.26. The highest BCUT2D eigenvalue weighted by molar-refractivity contribution is 7.80. The Labute approximate surface area is 99.2 Å². The van der Waals surface area contributed by atoms with Gasteiger partial charge in [0.1, 0.15) is 0 Å². The van der Waals surface area contributed by atoms with Crippen molar-refractivity contribution in [2.45, 2.75) is 52.0 Å². The molecule has 0 aliphatic heterocycles. The molecule has 0 bridgehead atoms. The van der Waals surface area contributed by atoms with Crippen LogP contribution in [0.3, 0.4) is 0 Å². The highest BCUT2D eigenvalue weighted by atomic mass is 32.1. The maximum atomic E-state index is 5.67. The predicted molar refractivity (Wildman–Crippen MR) is 70.1 cm³/mol. The monoisotopic (exact) mass is 228 g/mol. The van der Waals surface area contributed by atoms with Gasteiger partial charge in [-0.05, 0) is 19.4 Å². The largest absolute Gasteiger partial charge is 0.393 e. The number of hydrogen-bond acceptors (Lipinski definition) is 2. The molecular formula is C12H24N2S. The molecule has 1 saturated carbocycles. The molecule has 0 aromatic rings. The maximum absolute atomic E-state index is 5.67. The van der Waals surface area contributed by atoms with Gasteiger partial charge < -0.3 is 5.73 Å². The summed E-state index contributed by atoms with van der Waals surface area (Å²) in [5.74, 6) is 0.349. The molecule has 2 N–H and O–H groups in total. The minimum atomic E-state index is 0.349. The summed E-state index contributed by atoms with van der Waals surface area (Å²) in [7, 11) is 0. The van der Waals surface area contributed by atoms with Crippen LogP contribution >= 0.6 is 12.2 Å². The molecule has 0 radical (unpaired) electrons. The van der Waals surface area contributed by atoms with E-state index in [1.165, 1.54) is 32.1 Å². The molecule has 0 saturated heterocycles. The second-order valence-corrected chi connectivity index (χ2v) is 5.15. The summed E-state index contributed by atoms with van der Waals surface area (Å²) in [6, 6.07) is 0.778. The molecule has 1 fully saturated rings. The summed E-state index contributed by atoms with van der Waals surface area (Å²) in [6.45, 7) is 6.53. The standard InChI is InChI=1S/C12H24N2S/c1-3-14(9-10(2)12(13)15)11-7-5-4-6-8-11/h10-11H,3-9H2,1-2H3,(H2,13,15). The van der Waals surface area contributed by atoms with E-state index in [1.54, 1.807) is 0 Å². The fourth-order valence-corrected chi connectivity index (χ4v) is 2.50. The van der Waals surface area contributed by atoms with Gasteiger partial charge in [-0.2, -0.15) is 0 Å². The first-order chi connectivity index (χ1) is 7.15. The van der Waals surface area contributed by atoms with Gasteiger partial charge in [-0.1, -0.05) is 45.3 Å². The topological polar surface area (TPSA) is 29.3 Å². The predicted octanol–water partition coefficient (Wildman–Crippen LogP) is 2.56. The van der Waals surface area contributed by atoms with E-state index in [1.807, 2.05) is 0 Å². The molecule has 0 amide bonds. The van der Waals surface area contributed by atoms with Gasteiger partial charge in [-0.3, -0.25) is 4.90 Å². The Balaban J connectivity index is 2.43. The van der Waals surface area contributed by atoms with Crippen molar-refractivity contribution >= 4 is 17.2 Å². The molecular weight excluding hydrogens is 204 g/mol. The van der Waals surface area contributed by atoms with Crippen LogP contribution in [0.1, 0.15) is 46.0 Å². The molecule has 0 heterocycles. The van der Waals surface area contributed by atoms with Crippen LogP contribution in [-0.2, 0) is 0 Å². The van der Waals surface area contributed by atoms with Crippen LogP contribution in [0.4, 0.5) is 0 Å². The lowest BCUT2D eigenvalue weighted by Crippen LogP contribution is -2.41. The van der Waals surface area contributed by atoms with E-state index in [9.17, 15) is 0 Å². The quantitative estimate of drug-likeness (QED) is 0.733. The van der Waals surface area contributed by atoms with Gasteiger partial charge in [0.25, 0.3) is 0 Å². The molecule has 1 aliphatic carbocycles. The Bertz CT molecular complexity index is 200. The van der Waals surface area contributed by atoms with E-state index < -0.39 is 0 Å². The zero-order valence-electron chi connectivity index (χ0n) is 10.0. The molecule has 1 unspecified atom stereocenters. The number of thiocarbonyl (C=S) groups is 1. The zero-order valence-corrected chi connectivity index (χ0v) is 10.9. The van der Waals surface area contributed by atoms with E-state index >= 15 is 0 Å². The van der Waals surface area contributed by atoms with Gasteiger partial charge in [-0.25, -0.2) is 0 Å². The Hall–Kier alpha value is -0.150. The van der Waals surface area contributed by atoms with Crippen molar-refractivity contribution in [3.8, 4) is 0 Å². The fourth-order valence-electron chi connectivity index (χ4n) is 2.42. The molecule has 0 aromatic heterocycles. The van der Waals surface area contributed by atoms with E-state index in [2.05, 4.69) is 18.7 Å². The third-order valence-electron chi connectivity index (χ3n) is 3.49. The van der Waals surface area contributed by atoms with Crippen LogP contribution in [0.5, 0.6) is 0 Å². The van der Waals surface area contributed by atoms with Gasteiger partial charge >= 0.3 is 0 Å². The Morgan fingerprint density at radius 1 is 1.40 bits per heavy atom. The lowest BCUT2D eigenvalue weighted by molar-refractivity contribution is 0.155. The molecule has 88 valence electrons. The molecule has 15 heavy (non-hydrogen) atoms. The van der Waals surface area contributed by atoms with E-state index in [0.717, 1.165) is 19.1 Å². The highest BCUT2D eigenvalue weighted by Crippen LogP contribution is 2.23. The first kappa shape index (κ1) is 12.9. The van der Waals surface area contributed by atoms with Crippen molar-refractivity contribution in [2.24, 2.45) is 11.7 Å². The lowest BCUT2D eigenvalue weighted by atomic mass is 9.93. The molecule has 1 rings (SSSR count). The van der Waals surface area contributed by atoms with E-state index in [0.29, 0.717) is 10.9 Å². The Kier molecular flexibility index (Phi) is 5.54. The van der Waals surface area contributed by atoms with Crippen molar-refractivity contribution in [3.63, 3.8) is 0 Å². The van der Waals surface area contributed by atoms with Gasteiger partial charge in [0.05, 0.1) is 4.99 Å². The van der Waals surface area contributed by atoms with Crippen molar-refractivity contribution in [2.75, 3.05) is 13.1 Å². The van der Waals surface area contributed by atoms with Crippen molar-refractivity contribution in [1.82, 2.24) is 4.90 Å². The van der Waals surface area contributed by atoms with Crippen molar-refractivity contribution < 1.29 is 0 Å². The first-order valence-electron chi connectivity index (χ1n) is 6.18. The summed E-state index contributed by atoms with van der Waals surface area (Å²) in [5.41, 5.74) is 5.67. The number of rotatable bonds is 5. The number of nitrogens with two attached hydrogens (primary N) is 1. The molecule has 3 heteroatoms. The molecule has 1 atom stereocenters. The third-order valence-corrected chi connectivity index (χ3v) is 3.89. The van der Waals surface area contributed by atoms with Gasteiger partial charge in [0.15, 0.2) is 0 Å². The summed E-state index contributed by atoms with van der Waals surface area (Å²) >= 11 is 5.04. The molecule has 0 aromatic carbocycles. The Morgan fingerprint density at radius 3 is 2.47 bits per heavy atom. The van der Waals surface area contributed by atoms with Crippen LogP contribution in [-0.4, -0.2) is 29.0 Å². The van der Waals surface area contributed by atoms with E-state index in [-0.39, 0.29) is 0 Å². The summed E-state index contributed by atoms with van der Waals surface area (Å²) in [4.78, 5) is 3.22. The minimum Gasteiger partial charge on any atom is -0.393 e. The van der Waals surface area contributed by atoms with Crippen molar-refractivity contribution in [3.05, 3.63) is 0 Å². The van der Waals surface area contributed by atoms with Crippen LogP contribution < -0.4 is 5.73 Å². The number of nitrogens with zero attached hydrogens (tertiary/aromatic N) is 1. The SMILES string of the molecule is CCN(CC(C)C(N)=S)C1CCCCC1. The van der Waals surface area contributed by atoms with Crippen LogP contribution in [0.15, 0.2) is 0 Å². The second kappa shape index (κ2) is 6.44. The first-order valence-corrected chi connectivity index (χ1v) is 6.59. The average molecular weight is 228 g/mol. The minimum absolute atomic E-state index is 0.349. The highest BCUT2D eigenvalue weighted by Gasteiger charge is 2.21. The normalized spacial score (nSPS) is 20.5. The molecule has 2 nitrogen and oxygen atoms in total. The molecule has 1 aliphatic rings. The van der Waals surface area contributed by atoms with Gasteiger partial charge in [0, 0.05) is 18.5 Å². The molecule has 0 spiro atoms. The van der Waals surface area contributed by atoms with Crippen molar-refractivity contribution in [1.29, 1.82) is 0 Å². The number of hydrogen-bond donors (Lipinski definition) is 1. The van der Waals surface area contributed by atoms with Gasteiger partial charge in [0.2, 0.25) is 0 Å². The maximum Gasteiger partial charge on any atom is 0.0768 e. The third kappa shape index (κ3) is 4.07. The summed E-state index contributed by atoms with van der Waals surface area (Å²) < 4.78 is 0.